The molecule has 5 heteroatoms. The van der Waals surface area contributed by atoms with Gasteiger partial charge in [-0.3, -0.25) is 9.59 Å². The van der Waals surface area contributed by atoms with E-state index in [2.05, 4.69) is 18.4 Å². The van der Waals surface area contributed by atoms with Gasteiger partial charge in [-0.05, 0) is 43.2 Å². The minimum absolute atomic E-state index is 0.0845. The number of nitrogens with zero attached hydrogens (tertiary/aromatic N) is 1. The van der Waals surface area contributed by atoms with Crippen LogP contribution < -0.4 is 0 Å². The van der Waals surface area contributed by atoms with E-state index in [1.807, 2.05) is 4.90 Å². The zero-order valence-electron chi connectivity index (χ0n) is 11.5. The van der Waals surface area contributed by atoms with Gasteiger partial charge in [0.05, 0.1) is 6.42 Å². The molecule has 1 saturated carbocycles. The van der Waals surface area contributed by atoms with E-state index in [0.29, 0.717) is 5.92 Å². The Kier molecular flexibility index (Phi) is 3.54. The van der Waals surface area contributed by atoms with Gasteiger partial charge in [-0.2, -0.15) is 0 Å². The van der Waals surface area contributed by atoms with Crippen molar-refractivity contribution in [3.63, 3.8) is 0 Å². The number of carboxylic acids is 1. The molecule has 1 saturated heterocycles. The molecule has 108 valence electrons. The van der Waals surface area contributed by atoms with E-state index in [0.717, 1.165) is 25.8 Å². The second-order valence-electron chi connectivity index (χ2n) is 5.84. The number of hydrogen-bond donors (Lipinski definition) is 1. The Morgan fingerprint density at radius 3 is 2.95 bits per heavy atom. The summed E-state index contributed by atoms with van der Waals surface area (Å²) in [5.41, 5.74) is 1.28. The van der Waals surface area contributed by atoms with E-state index in [-0.39, 0.29) is 24.3 Å². The van der Waals surface area contributed by atoms with Crippen LogP contribution in [0, 0.1) is 12.8 Å². The molecule has 20 heavy (non-hydrogen) atoms. The molecular weight excluding hydrogens is 274 g/mol. The SMILES string of the molecule is Cc1ccsc1C1CC1C(=O)N1CCCC1CC(=O)O. The Morgan fingerprint density at radius 2 is 2.30 bits per heavy atom. The first-order valence-corrected chi connectivity index (χ1v) is 8.02. The minimum atomic E-state index is -0.809. The van der Waals surface area contributed by atoms with Gasteiger partial charge in [-0.25, -0.2) is 0 Å². The molecule has 0 radical (unpaired) electrons. The van der Waals surface area contributed by atoms with E-state index in [1.54, 1.807) is 11.3 Å². The molecule has 1 aromatic rings. The molecular formula is C15H19NO3S. The standard InChI is InChI=1S/C15H19NO3S/c1-9-4-6-20-14(9)11-8-12(11)15(19)16-5-2-3-10(16)7-13(17)18/h4,6,10-12H,2-3,5,7-8H2,1H3,(H,17,18). The fourth-order valence-electron chi connectivity index (χ4n) is 3.27. The highest BCUT2D eigenvalue weighted by molar-refractivity contribution is 7.10. The summed E-state index contributed by atoms with van der Waals surface area (Å²) in [6, 6.07) is 2.01. The minimum Gasteiger partial charge on any atom is -0.481 e. The molecule has 0 aromatic carbocycles. The van der Waals surface area contributed by atoms with Crippen LogP contribution in [0.4, 0.5) is 0 Å². The average Bonchev–Trinajstić information content (AvgIpc) is 2.84. The summed E-state index contributed by atoms with van der Waals surface area (Å²) in [7, 11) is 0. The molecule has 4 nitrogen and oxygen atoms in total. The number of likely N-dealkylation sites (tertiary alicyclic amines) is 1. The van der Waals surface area contributed by atoms with Crippen LogP contribution in [-0.4, -0.2) is 34.5 Å². The van der Waals surface area contributed by atoms with E-state index in [1.165, 1.54) is 10.4 Å². The number of rotatable bonds is 4. The van der Waals surface area contributed by atoms with E-state index >= 15 is 0 Å². The summed E-state index contributed by atoms with van der Waals surface area (Å²) >= 11 is 1.73. The number of thiophene rings is 1. The molecule has 1 aliphatic heterocycles. The number of amides is 1. The van der Waals surface area contributed by atoms with Gasteiger partial charge in [0.15, 0.2) is 0 Å². The number of carbonyl (C=O) groups excluding carboxylic acids is 1. The zero-order chi connectivity index (χ0) is 14.3. The van der Waals surface area contributed by atoms with Gasteiger partial charge in [0.1, 0.15) is 0 Å². The van der Waals surface area contributed by atoms with Crippen molar-refractivity contribution in [2.75, 3.05) is 6.54 Å². The number of carboxylic acid groups (broad SMARTS) is 1. The van der Waals surface area contributed by atoms with Gasteiger partial charge >= 0.3 is 5.97 Å². The molecule has 0 bridgehead atoms. The first-order valence-electron chi connectivity index (χ1n) is 7.14. The summed E-state index contributed by atoms with van der Waals surface area (Å²) < 4.78 is 0. The Balaban J connectivity index is 1.65. The topological polar surface area (TPSA) is 57.6 Å². The molecule has 2 fully saturated rings. The molecule has 3 rings (SSSR count). The Labute approximate surface area is 122 Å². The highest BCUT2D eigenvalue weighted by Crippen LogP contribution is 2.51. The maximum Gasteiger partial charge on any atom is 0.305 e. The van der Waals surface area contributed by atoms with Gasteiger partial charge in [-0.15, -0.1) is 11.3 Å². The second kappa shape index (κ2) is 5.20. The lowest BCUT2D eigenvalue weighted by Crippen LogP contribution is -2.38. The van der Waals surface area contributed by atoms with Crippen molar-refractivity contribution in [2.45, 2.75) is 44.6 Å². The number of carbonyl (C=O) groups is 2. The molecule has 1 aliphatic carbocycles. The van der Waals surface area contributed by atoms with Gasteiger partial charge in [-0.1, -0.05) is 0 Å². The molecule has 3 unspecified atom stereocenters. The van der Waals surface area contributed by atoms with Crippen LogP contribution >= 0.6 is 11.3 Å². The summed E-state index contributed by atoms with van der Waals surface area (Å²) in [4.78, 5) is 26.6. The van der Waals surface area contributed by atoms with Crippen LogP contribution in [0.3, 0.4) is 0 Å². The Morgan fingerprint density at radius 1 is 1.50 bits per heavy atom. The van der Waals surface area contributed by atoms with Crippen LogP contribution in [0.15, 0.2) is 11.4 Å². The van der Waals surface area contributed by atoms with E-state index in [4.69, 9.17) is 5.11 Å². The highest BCUT2D eigenvalue weighted by atomic mass is 32.1. The van der Waals surface area contributed by atoms with Crippen molar-refractivity contribution in [1.29, 1.82) is 0 Å². The summed E-state index contributed by atoms with van der Waals surface area (Å²) in [5.74, 6) is -0.182. The third-order valence-corrected chi connectivity index (χ3v) is 5.57. The fraction of sp³-hybridized carbons (Fsp3) is 0.600. The first kappa shape index (κ1) is 13.6. The third kappa shape index (κ3) is 2.46. The quantitative estimate of drug-likeness (QED) is 0.928. The summed E-state index contributed by atoms with van der Waals surface area (Å²) in [6.45, 7) is 2.82. The van der Waals surface area contributed by atoms with Crippen LogP contribution in [-0.2, 0) is 9.59 Å². The number of aliphatic carboxylic acids is 1. The Hall–Kier alpha value is -1.36. The molecule has 1 aromatic heterocycles. The van der Waals surface area contributed by atoms with Crippen molar-refractivity contribution in [3.8, 4) is 0 Å². The van der Waals surface area contributed by atoms with E-state index < -0.39 is 5.97 Å². The zero-order valence-corrected chi connectivity index (χ0v) is 12.4. The molecule has 2 aliphatic rings. The van der Waals surface area contributed by atoms with Crippen molar-refractivity contribution >= 4 is 23.2 Å². The van der Waals surface area contributed by atoms with Crippen LogP contribution in [0.1, 0.15) is 42.0 Å². The van der Waals surface area contributed by atoms with Crippen LogP contribution in [0.5, 0.6) is 0 Å². The predicted molar refractivity (Wildman–Crippen MR) is 76.9 cm³/mol. The molecule has 1 amide bonds. The summed E-state index contributed by atoms with van der Waals surface area (Å²) in [5, 5.41) is 11.0. The average molecular weight is 293 g/mol. The van der Waals surface area contributed by atoms with Crippen molar-refractivity contribution in [1.82, 2.24) is 4.90 Å². The van der Waals surface area contributed by atoms with Crippen molar-refractivity contribution < 1.29 is 14.7 Å². The molecule has 2 heterocycles. The van der Waals surface area contributed by atoms with Crippen molar-refractivity contribution in [2.24, 2.45) is 5.92 Å². The molecule has 1 N–H and O–H groups in total. The lowest BCUT2D eigenvalue weighted by molar-refractivity contribution is -0.140. The summed E-state index contributed by atoms with van der Waals surface area (Å²) in [6.07, 6.45) is 2.77. The van der Waals surface area contributed by atoms with Crippen LogP contribution in [0.25, 0.3) is 0 Å². The number of hydrogen-bond acceptors (Lipinski definition) is 3. The lowest BCUT2D eigenvalue weighted by Gasteiger charge is -2.23. The van der Waals surface area contributed by atoms with Crippen molar-refractivity contribution in [3.05, 3.63) is 21.9 Å². The third-order valence-electron chi connectivity index (χ3n) is 4.42. The number of aryl methyl sites for hydroxylation is 1. The largest absolute Gasteiger partial charge is 0.481 e. The first-order chi connectivity index (χ1) is 9.58. The second-order valence-corrected chi connectivity index (χ2v) is 6.79. The lowest BCUT2D eigenvalue weighted by atomic mass is 10.1. The maximum atomic E-state index is 12.6. The van der Waals surface area contributed by atoms with Crippen LogP contribution in [0.2, 0.25) is 0 Å². The Bertz CT molecular complexity index is 539. The van der Waals surface area contributed by atoms with Gasteiger partial charge in [0.2, 0.25) is 5.91 Å². The smallest absolute Gasteiger partial charge is 0.305 e. The highest BCUT2D eigenvalue weighted by Gasteiger charge is 2.48. The van der Waals surface area contributed by atoms with E-state index in [9.17, 15) is 9.59 Å². The normalized spacial score (nSPS) is 28.6. The van der Waals surface area contributed by atoms with Gasteiger partial charge in [0.25, 0.3) is 0 Å². The fourth-order valence-corrected chi connectivity index (χ4v) is 4.38. The maximum absolute atomic E-state index is 12.6. The molecule has 3 atom stereocenters. The predicted octanol–water partition coefficient (Wildman–Crippen LogP) is 2.63. The van der Waals surface area contributed by atoms with Gasteiger partial charge < -0.3 is 10.0 Å². The van der Waals surface area contributed by atoms with Gasteiger partial charge in [0, 0.05) is 29.3 Å². The molecule has 0 spiro atoms. The monoisotopic (exact) mass is 293 g/mol.